The molecule has 488 valence electrons. The molecule has 3 amide bonds. The van der Waals surface area contributed by atoms with Crippen molar-refractivity contribution in [2.45, 2.75) is 62.8 Å². The number of carbonyl (C=O) groups is 3. The maximum absolute atomic E-state index is 13.5. The van der Waals surface area contributed by atoms with Gasteiger partial charge in [0, 0.05) is 130 Å². The number of halogens is 7. The lowest BCUT2D eigenvalue weighted by molar-refractivity contribution is -0.155. The van der Waals surface area contributed by atoms with Gasteiger partial charge in [-0.3, -0.25) is 27.0 Å². The van der Waals surface area contributed by atoms with Crippen molar-refractivity contribution in [2.75, 3.05) is 108 Å². The van der Waals surface area contributed by atoms with Crippen LogP contribution in [0, 0.1) is 41.0 Å². The van der Waals surface area contributed by atoms with Crippen LogP contribution in [0.2, 0.25) is 0 Å². The smallest absolute Gasteiger partial charge is 0.350 e. The highest BCUT2D eigenvalue weighted by Crippen LogP contribution is 2.37. The number of aromatic nitrogens is 5. The summed E-state index contributed by atoms with van der Waals surface area (Å²) in [6.45, 7) is 3.78. The summed E-state index contributed by atoms with van der Waals surface area (Å²) in [6, 6.07) is 19.7. The van der Waals surface area contributed by atoms with Crippen molar-refractivity contribution in [1.82, 2.24) is 39.8 Å². The Kier molecular flexibility index (Phi) is 20.5. The van der Waals surface area contributed by atoms with Crippen LogP contribution in [0.4, 0.5) is 48.4 Å². The van der Waals surface area contributed by atoms with E-state index >= 15 is 0 Å². The SMILES string of the molecule is C=S1(=O)CCC(C(=O)N2CCN(c3cc(C(F)(F)F)on3)CC2c2ccc(F)cc2)CC1.C=S1(=O)CCC(C(=O)N2CCN(c3ncc(F)cn3)CC2c2ccc(F)cc2)CC1.C=S1(=O)CCC(C(=O)N2CCN(c3ncccn3)CC2c2ccc(F)cc2)CC1. The molecule has 6 saturated heterocycles. The predicted molar refractivity (Wildman–Crippen MR) is 338 cm³/mol. The van der Waals surface area contributed by atoms with Crippen molar-refractivity contribution in [1.29, 1.82) is 0 Å². The van der Waals surface area contributed by atoms with Gasteiger partial charge < -0.3 is 33.9 Å². The topological polar surface area (TPSA) is 199 Å². The molecule has 28 heteroatoms. The number of benzene rings is 3. The zero-order chi connectivity index (χ0) is 64.8. The van der Waals surface area contributed by atoms with Gasteiger partial charge in [-0.05, 0) is 144 Å². The average molecular weight is 1320 g/mol. The molecule has 3 atom stereocenters. The molecule has 0 N–H and O–H groups in total. The van der Waals surface area contributed by atoms with E-state index in [0.29, 0.717) is 130 Å². The summed E-state index contributed by atoms with van der Waals surface area (Å²) >= 11 is 0. The van der Waals surface area contributed by atoms with Crippen LogP contribution < -0.4 is 14.7 Å². The Morgan fingerprint density at radius 3 is 1.11 bits per heavy atom. The maximum atomic E-state index is 13.5. The van der Waals surface area contributed by atoms with Crippen molar-refractivity contribution in [3.8, 4) is 0 Å². The summed E-state index contributed by atoms with van der Waals surface area (Å²) < 4.78 is 133. The number of hydrogen-bond donors (Lipinski definition) is 0. The number of anilines is 3. The van der Waals surface area contributed by atoms with Crippen LogP contribution in [0.1, 0.15) is 79.1 Å². The molecule has 0 spiro atoms. The van der Waals surface area contributed by atoms with Gasteiger partial charge in [0.25, 0.3) is 0 Å². The van der Waals surface area contributed by atoms with Crippen molar-refractivity contribution in [3.63, 3.8) is 0 Å². The molecule has 0 aliphatic carbocycles. The van der Waals surface area contributed by atoms with E-state index in [1.54, 1.807) is 64.7 Å². The fraction of sp³-hybridized carbons (Fsp3) is 0.444. The molecule has 6 aliphatic heterocycles. The molecule has 3 aromatic heterocycles. The second kappa shape index (κ2) is 28.1. The van der Waals surface area contributed by atoms with Crippen LogP contribution >= 0.6 is 0 Å². The quantitative estimate of drug-likeness (QED) is 0.100. The third kappa shape index (κ3) is 16.7. The highest BCUT2D eigenvalue weighted by Gasteiger charge is 2.42. The van der Waals surface area contributed by atoms with Crippen LogP contribution in [-0.4, -0.2) is 181 Å². The van der Waals surface area contributed by atoms with Crippen LogP contribution in [-0.2, 0) is 49.1 Å². The van der Waals surface area contributed by atoms with Crippen LogP contribution in [0.25, 0.3) is 0 Å². The van der Waals surface area contributed by atoms with Gasteiger partial charge in [-0.25, -0.2) is 37.5 Å². The molecule has 3 aromatic carbocycles. The van der Waals surface area contributed by atoms with Crippen LogP contribution in [0.5, 0.6) is 0 Å². The van der Waals surface area contributed by atoms with E-state index in [-0.39, 0.29) is 84.6 Å². The van der Waals surface area contributed by atoms with Crippen molar-refractivity contribution < 1.29 is 62.3 Å². The minimum Gasteiger partial charge on any atom is -0.350 e. The molecule has 0 bridgehead atoms. The van der Waals surface area contributed by atoms with Crippen molar-refractivity contribution >= 4 is 81.6 Å². The number of rotatable bonds is 9. The second-order valence-corrected chi connectivity index (χ2v) is 32.1. The normalized spacial score (nSPS) is 27.2. The second-order valence-electron chi connectivity index (χ2n) is 23.9. The van der Waals surface area contributed by atoms with E-state index in [9.17, 15) is 57.7 Å². The van der Waals surface area contributed by atoms with E-state index in [0.717, 1.165) is 29.6 Å². The summed E-state index contributed by atoms with van der Waals surface area (Å²) in [4.78, 5) is 67.8. The molecule has 6 fully saturated rings. The molecule has 91 heavy (non-hydrogen) atoms. The summed E-state index contributed by atoms with van der Waals surface area (Å²) in [5.41, 5.74) is 2.37. The average Bonchev–Trinajstić information content (AvgIpc) is 1.99. The Labute approximate surface area is 525 Å². The Morgan fingerprint density at radius 2 is 0.780 bits per heavy atom. The van der Waals surface area contributed by atoms with Gasteiger partial charge >= 0.3 is 6.18 Å². The third-order valence-electron chi connectivity index (χ3n) is 17.7. The Balaban J connectivity index is 0.000000150. The minimum absolute atomic E-state index is 0.0268. The number of alkyl halides is 3. The minimum atomic E-state index is -4.65. The van der Waals surface area contributed by atoms with Gasteiger partial charge in [0.1, 0.15) is 17.5 Å². The summed E-state index contributed by atoms with van der Waals surface area (Å²) in [7, 11) is -6.23. The van der Waals surface area contributed by atoms with Gasteiger partial charge in [-0.1, -0.05) is 41.6 Å². The highest BCUT2D eigenvalue weighted by molar-refractivity contribution is 8.00. The van der Waals surface area contributed by atoms with Gasteiger partial charge in [0.05, 0.1) is 30.5 Å². The molecule has 0 saturated carbocycles. The molecule has 18 nitrogen and oxygen atoms in total. The first-order valence-corrected chi connectivity index (χ1v) is 36.2. The highest BCUT2D eigenvalue weighted by atomic mass is 32.2. The van der Waals surface area contributed by atoms with Gasteiger partial charge in [0.15, 0.2) is 11.6 Å². The summed E-state index contributed by atoms with van der Waals surface area (Å²) in [5, 5.41) is 3.55. The molecule has 3 unspecified atom stereocenters. The lowest BCUT2D eigenvalue weighted by Crippen LogP contribution is -2.53. The van der Waals surface area contributed by atoms with Gasteiger partial charge in [-0.2, -0.15) is 13.2 Å². The first-order valence-electron chi connectivity index (χ1n) is 30.0. The van der Waals surface area contributed by atoms with Crippen LogP contribution in [0.3, 0.4) is 0 Å². The van der Waals surface area contributed by atoms with Gasteiger partial charge in [0.2, 0.25) is 35.4 Å². The first kappa shape index (κ1) is 66.3. The summed E-state index contributed by atoms with van der Waals surface area (Å²) in [6.07, 6.45) is 4.31. The number of hydrogen-bond acceptors (Lipinski definition) is 15. The number of carbonyl (C=O) groups excluding carboxylic acids is 3. The van der Waals surface area contributed by atoms with Crippen molar-refractivity contribution in [3.05, 3.63) is 155 Å². The number of amides is 3. The molecule has 9 heterocycles. The monoisotopic (exact) mass is 1320 g/mol. The van der Waals surface area contributed by atoms with Gasteiger partial charge in [-0.15, -0.1) is 0 Å². The maximum Gasteiger partial charge on any atom is 0.452 e. The molecule has 6 aromatic rings. The third-order valence-corrected chi connectivity index (χ3v) is 23.5. The fourth-order valence-electron chi connectivity index (χ4n) is 12.4. The van der Waals surface area contributed by atoms with E-state index in [1.807, 2.05) is 14.7 Å². The fourth-order valence-corrected chi connectivity index (χ4v) is 17.3. The molecule has 6 aliphatic rings. The lowest BCUT2D eigenvalue weighted by Gasteiger charge is -2.43. The van der Waals surface area contributed by atoms with Crippen molar-refractivity contribution in [2.24, 2.45) is 17.8 Å². The zero-order valence-corrected chi connectivity index (χ0v) is 52.4. The Hall–Kier alpha value is -7.59. The molecule has 12 rings (SSSR count). The lowest BCUT2D eigenvalue weighted by atomic mass is 9.96. The molecule has 0 radical (unpaired) electrons. The Morgan fingerprint density at radius 1 is 0.462 bits per heavy atom. The molecular formula is C63H72F7N11O7S3. The van der Waals surface area contributed by atoms with E-state index in [4.69, 9.17) is 0 Å². The summed E-state index contributed by atoms with van der Waals surface area (Å²) in [5.74, 6) is 11.7. The standard InChI is InChI=1S/C21H23F4N3O3S.C21H24F2N4O2S.C21H25FN4O2S/c1-32(30)10-6-15(7-11-32)20(29)28-9-8-27(19-12-18(31-26-19)21(23,24)25)13-17(28)14-2-4-16(22)5-3-14;1-30(29)10-6-16(7-11-30)20(28)27-9-8-26(21-24-12-18(23)13-25-21)14-19(27)15-2-4-17(22)5-3-15;1-29(28)13-7-17(8-14-29)20(27)26-12-11-25(21-23-9-2-10-24-21)15-19(26)16-3-5-18(22)6-4-16/h2-5,12,15,17H,1,6-11,13H2;2-5,12-13,16,19H,1,6-11,14H2;2-6,9-10,17,19H,1,7-8,11-15H2. The largest absolute Gasteiger partial charge is 0.452 e. The van der Waals surface area contributed by atoms with Crippen LogP contribution in [0.15, 0.2) is 114 Å². The van der Waals surface area contributed by atoms with E-state index in [1.165, 1.54) is 36.4 Å². The zero-order valence-electron chi connectivity index (χ0n) is 50.0. The first-order chi connectivity index (χ1) is 43.3. The predicted octanol–water partition coefficient (Wildman–Crippen LogP) is 7.75. The molecular weight excluding hydrogens is 1250 g/mol. The van der Waals surface area contributed by atoms with E-state index in [2.05, 4.69) is 52.1 Å². The number of nitrogens with zero attached hydrogens (tertiary/aromatic N) is 11. The Bertz CT molecular complexity index is 3820. The number of piperazine rings is 3. The van der Waals surface area contributed by atoms with E-state index < -0.39 is 58.2 Å².